The molecule has 4 heterocycles. The molecule has 3 saturated carbocycles. The Balaban J connectivity index is 1.16. The van der Waals surface area contributed by atoms with E-state index in [9.17, 15) is 27.6 Å². The van der Waals surface area contributed by atoms with Gasteiger partial charge in [0.05, 0.1) is 31.0 Å². The van der Waals surface area contributed by atoms with Crippen LogP contribution in [-0.2, 0) is 42.2 Å². The standard InChI is InChI=1S/C44H55N5O10S2/c1-5-29-21-44(29,41(52)48-61(54,55)31-12-13-31)47-39(50)34-18-30-22-49(34)40(51)38(27-9-6-7-10-27)46-42(53)58-25-43(2,3)15-8-11-28-17-32-33(19-35(28)56-4)45-37(20-36(32)59-30)57-23-26-14-16-60-24-26/h5,14,16-17,19-20,24,27,29-31,34,38H,1,6-13,15,18,21-23,25H2,2-4H3,(H,46,53)(H,47,50)(H,48,52)/t29-,30+,34-,38-,44-/m0/s1. The van der Waals surface area contributed by atoms with Gasteiger partial charge in [-0.05, 0) is 91.2 Å². The summed E-state index contributed by atoms with van der Waals surface area (Å²) in [5, 5.41) is 9.76. The Bertz CT molecular complexity index is 2290. The van der Waals surface area contributed by atoms with Gasteiger partial charge in [-0.3, -0.25) is 19.1 Å². The van der Waals surface area contributed by atoms with Crippen LogP contribution in [0.4, 0.5) is 4.79 Å². The number of cyclic esters (lactones) is 1. The first-order valence-electron chi connectivity index (χ1n) is 21.3. The summed E-state index contributed by atoms with van der Waals surface area (Å²) in [4.78, 5) is 63.0. The third-order valence-electron chi connectivity index (χ3n) is 12.8. The van der Waals surface area contributed by atoms with Crippen molar-refractivity contribution in [2.75, 3.05) is 20.3 Å². The summed E-state index contributed by atoms with van der Waals surface area (Å²) in [6.45, 7) is 8.26. The third kappa shape index (κ3) is 9.32. The van der Waals surface area contributed by atoms with Gasteiger partial charge in [-0.2, -0.15) is 11.3 Å². The van der Waals surface area contributed by atoms with Gasteiger partial charge in [-0.1, -0.05) is 32.8 Å². The number of pyridine rings is 1. The molecule has 2 aromatic heterocycles. The molecule has 5 atom stereocenters. The Morgan fingerprint density at radius 3 is 2.61 bits per heavy atom. The Hall–Kier alpha value is -4.90. The molecule has 1 saturated heterocycles. The monoisotopic (exact) mass is 877 g/mol. The van der Waals surface area contributed by atoms with Crippen molar-refractivity contribution in [3.05, 3.63) is 58.8 Å². The Morgan fingerprint density at radius 1 is 1.13 bits per heavy atom. The first-order chi connectivity index (χ1) is 29.2. The smallest absolute Gasteiger partial charge is 0.407 e. The van der Waals surface area contributed by atoms with Crippen molar-refractivity contribution in [3.63, 3.8) is 0 Å². The Labute approximate surface area is 360 Å². The number of nitrogens with zero attached hydrogens (tertiary/aromatic N) is 2. The average Bonchev–Trinajstić information content (AvgIpc) is 3.97. The number of aromatic nitrogens is 1. The van der Waals surface area contributed by atoms with Gasteiger partial charge in [0.25, 0.3) is 5.91 Å². The van der Waals surface area contributed by atoms with E-state index in [4.69, 9.17) is 23.9 Å². The third-order valence-corrected chi connectivity index (χ3v) is 15.4. The van der Waals surface area contributed by atoms with Crippen molar-refractivity contribution in [1.29, 1.82) is 0 Å². The fraction of sp³-hybridized carbons (Fsp3) is 0.568. The minimum atomic E-state index is -3.92. The first kappa shape index (κ1) is 42.8. The van der Waals surface area contributed by atoms with Crippen LogP contribution in [0, 0.1) is 17.3 Å². The molecule has 3 aromatic rings. The number of ether oxygens (including phenoxy) is 4. The number of alkyl carbamates (subject to hydrolysis) is 1. The van der Waals surface area contributed by atoms with Crippen LogP contribution < -0.4 is 29.6 Å². The molecule has 17 heteroatoms. The molecule has 1 aromatic carbocycles. The number of sulfonamides is 1. The van der Waals surface area contributed by atoms with Crippen LogP contribution in [0.25, 0.3) is 10.9 Å². The zero-order valence-electron chi connectivity index (χ0n) is 34.9. The van der Waals surface area contributed by atoms with Gasteiger partial charge in [0.2, 0.25) is 27.7 Å². The van der Waals surface area contributed by atoms with Gasteiger partial charge in [-0.15, -0.1) is 6.58 Å². The van der Waals surface area contributed by atoms with E-state index in [1.807, 2.05) is 42.8 Å². The first-order valence-corrected chi connectivity index (χ1v) is 23.7. The molecule has 8 rings (SSSR count). The zero-order chi connectivity index (χ0) is 43.1. The molecular formula is C44H55N5O10S2. The highest BCUT2D eigenvalue weighted by Gasteiger charge is 2.62. The van der Waals surface area contributed by atoms with Gasteiger partial charge in [0.1, 0.15) is 41.8 Å². The molecule has 4 fully saturated rings. The number of carbonyl (C=O) groups excluding carboxylic acids is 4. The zero-order valence-corrected chi connectivity index (χ0v) is 36.5. The van der Waals surface area contributed by atoms with Crippen molar-refractivity contribution < 1.29 is 46.5 Å². The van der Waals surface area contributed by atoms with E-state index >= 15 is 0 Å². The summed E-state index contributed by atoms with van der Waals surface area (Å²) in [5.74, 6) is -1.26. The fourth-order valence-electron chi connectivity index (χ4n) is 9.02. The second-order valence-electron chi connectivity index (χ2n) is 18.0. The number of thiophene rings is 1. The van der Waals surface area contributed by atoms with E-state index in [2.05, 4.69) is 21.9 Å². The number of fused-ring (bicyclic) bond motifs is 3. The minimum Gasteiger partial charge on any atom is -0.496 e. The number of hydrogen-bond donors (Lipinski definition) is 3. The predicted octanol–water partition coefficient (Wildman–Crippen LogP) is 5.55. The Morgan fingerprint density at radius 2 is 1.92 bits per heavy atom. The molecular weight excluding hydrogens is 823 g/mol. The maximum absolute atomic E-state index is 14.9. The van der Waals surface area contributed by atoms with Crippen LogP contribution in [0.3, 0.4) is 0 Å². The molecule has 0 unspecified atom stereocenters. The van der Waals surface area contributed by atoms with Crippen LogP contribution >= 0.6 is 11.3 Å². The normalized spacial score (nSPS) is 27.0. The van der Waals surface area contributed by atoms with E-state index in [1.165, 1.54) is 11.0 Å². The van der Waals surface area contributed by atoms with Crippen LogP contribution in [0.1, 0.15) is 89.2 Å². The summed E-state index contributed by atoms with van der Waals surface area (Å²) in [6.07, 6.45) is 6.50. The summed E-state index contributed by atoms with van der Waals surface area (Å²) in [7, 11) is -2.31. The van der Waals surface area contributed by atoms with Crippen LogP contribution in [0.15, 0.2) is 47.7 Å². The van der Waals surface area contributed by atoms with Crippen molar-refractivity contribution >= 4 is 56.1 Å². The molecule has 0 radical (unpaired) electrons. The predicted molar refractivity (Wildman–Crippen MR) is 228 cm³/mol. The molecule has 4 bridgehead atoms. The van der Waals surface area contributed by atoms with Crippen molar-refractivity contribution in [1.82, 2.24) is 25.2 Å². The molecule has 5 aliphatic rings. The van der Waals surface area contributed by atoms with Gasteiger partial charge in [-0.25, -0.2) is 18.2 Å². The lowest BCUT2D eigenvalue weighted by Crippen LogP contribution is -2.59. The quantitative estimate of drug-likeness (QED) is 0.205. The lowest BCUT2D eigenvalue weighted by atomic mass is 9.87. The number of carbonyl (C=O) groups is 4. The maximum atomic E-state index is 14.9. The molecule has 0 spiro atoms. The van der Waals surface area contributed by atoms with Gasteiger partial charge in [0.15, 0.2) is 0 Å². The number of amides is 4. The maximum Gasteiger partial charge on any atom is 0.407 e. The molecule has 2 aliphatic heterocycles. The average molecular weight is 878 g/mol. The Kier molecular flexibility index (Phi) is 12.0. The highest BCUT2D eigenvalue weighted by Crippen LogP contribution is 2.46. The minimum absolute atomic E-state index is 0.0258. The molecule has 15 nitrogen and oxygen atoms in total. The molecule has 3 N–H and O–H groups in total. The van der Waals surface area contributed by atoms with Crippen LogP contribution in [0.2, 0.25) is 0 Å². The number of nitrogens with one attached hydrogen (secondary N) is 3. The van der Waals surface area contributed by atoms with Crippen LogP contribution in [-0.4, -0.2) is 91.4 Å². The topological polar surface area (TPSA) is 192 Å². The summed E-state index contributed by atoms with van der Waals surface area (Å²) in [6, 6.07) is 5.43. The van der Waals surface area contributed by atoms with Gasteiger partial charge < -0.3 is 34.5 Å². The number of benzene rings is 1. The van der Waals surface area contributed by atoms with E-state index < -0.39 is 68.7 Å². The number of methoxy groups -OCH3 is 1. The van der Waals surface area contributed by atoms with Crippen LogP contribution in [0.5, 0.6) is 17.4 Å². The summed E-state index contributed by atoms with van der Waals surface area (Å²) < 4.78 is 52.6. The summed E-state index contributed by atoms with van der Waals surface area (Å²) >= 11 is 1.56. The SMILES string of the molecule is C=C[C@H]1C[C@@]1(NC(=O)[C@@H]1C[C@@H]2CN1C(=O)[C@H](C1CCCC1)NC(=O)OCC(C)(C)CCCc1cc3c(cc(OCc4ccsc4)nc3cc1OC)O2)C(=O)NS(=O)(=O)C1CC1. The molecule has 61 heavy (non-hydrogen) atoms. The highest BCUT2D eigenvalue weighted by molar-refractivity contribution is 7.91. The van der Waals surface area contributed by atoms with Gasteiger partial charge in [0, 0.05) is 35.4 Å². The van der Waals surface area contributed by atoms with E-state index in [0.29, 0.717) is 60.4 Å². The second kappa shape index (κ2) is 17.1. The molecule has 3 aliphatic carbocycles. The van der Waals surface area contributed by atoms with Crippen molar-refractivity contribution in [3.8, 4) is 17.4 Å². The summed E-state index contributed by atoms with van der Waals surface area (Å²) in [5.41, 5.74) is 0.535. The van der Waals surface area contributed by atoms with Crippen molar-refractivity contribution in [2.45, 2.75) is 120 Å². The fourth-order valence-corrected chi connectivity index (χ4v) is 11.0. The lowest BCUT2D eigenvalue weighted by molar-refractivity contribution is -0.142. The van der Waals surface area contributed by atoms with E-state index in [-0.39, 0.29) is 43.9 Å². The largest absolute Gasteiger partial charge is 0.496 e. The number of aryl methyl sites for hydroxylation is 1. The lowest BCUT2D eigenvalue weighted by Gasteiger charge is -2.32. The van der Waals surface area contributed by atoms with Crippen molar-refractivity contribution in [2.24, 2.45) is 17.3 Å². The van der Waals surface area contributed by atoms with E-state index in [0.717, 1.165) is 36.8 Å². The number of hydrogen-bond acceptors (Lipinski definition) is 12. The molecule has 328 valence electrons. The number of rotatable bonds is 11. The van der Waals surface area contributed by atoms with Gasteiger partial charge >= 0.3 is 6.09 Å². The second-order valence-corrected chi connectivity index (χ2v) is 20.7. The molecule has 4 amide bonds. The van der Waals surface area contributed by atoms with E-state index in [1.54, 1.807) is 24.5 Å². The highest BCUT2D eigenvalue weighted by atomic mass is 32.2.